The Kier molecular flexibility index (Phi) is 6.72. The molecule has 0 saturated carbocycles. The van der Waals surface area contributed by atoms with Crippen LogP contribution in [0.3, 0.4) is 0 Å². The number of carbonyl (C=O) groups is 2. The topological polar surface area (TPSA) is 69.6 Å². The second kappa shape index (κ2) is 8.29. The van der Waals surface area contributed by atoms with Gasteiger partial charge in [0, 0.05) is 24.7 Å². The monoisotopic (exact) mass is 292 g/mol. The maximum atomic E-state index is 12.3. The molecule has 0 aliphatic rings. The Labute approximate surface area is 126 Å². The second-order valence-corrected chi connectivity index (χ2v) is 5.27. The molecule has 0 saturated heterocycles. The predicted molar refractivity (Wildman–Crippen MR) is 83.6 cm³/mol. The summed E-state index contributed by atoms with van der Waals surface area (Å²) in [6, 6.07) is 7.57. The Morgan fingerprint density at radius 1 is 1.33 bits per heavy atom. The van der Waals surface area contributed by atoms with E-state index >= 15 is 0 Å². The van der Waals surface area contributed by atoms with E-state index in [1.54, 1.807) is 4.90 Å². The van der Waals surface area contributed by atoms with Crippen molar-refractivity contribution in [1.82, 2.24) is 4.90 Å². The molecule has 0 spiro atoms. The third kappa shape index (κ3) is 5.85. The average Bonchev–Trinajstić information content (AvgIpc) is 2.42. The van der Waals surface area contributed by atoms with Crippen molar-refractivity contribution in [2.75, 3.05) is 11.9 Å². The van der Waals surface area contributed by atoms with Crippen molar-refractivity contribution in [3.8, 4) is 0 Å². The number of hydrogen-bond acceptors (Lipinski definition) is 2. The minimum Gasteiger partial charge on any atom is -0.481 e. The third-order valence-electron chi connectivity index (χ3n) is 3.26. The van der Waals surface area contributed by atoms with Crippen molar-refractivity contribution in [2.24, 2.45) is 0 Å². The van der Waals surface area contributed by atoms with Gasteiger partial charge in [-0.25, -0.2) is 4.79 Å². The van der Waals surface area contributed by atoms with E-state index < -0.39 is 5.97 Å². The van der Waals surface area contributed by atoms with E-state index in [1.807, 2.05) is 38.1 Å². The van der Waals surface area contributed by atoms with Crippen molar-refractivity contribution >= 4 is 17.7 Å². The molecule has 5 heteroatoms. The van der Waals surface area contributed by atoms with Crippen LogP contribution in [0.2, 0.25) is 0 Å². The van der Waals surface area contributed by atoms with Gasteiger partial charge < -0.3 is 15.3 Å². The maximum Gasteiger partial charge on any atom is 0.322 e. The fraction of sp³-hybridized carbons (Fsp3) is 0.500. The summed E-state index contributed by atoms with van der Waals surface area (Å²) in [5.41, 5.74) is 1.93. The lowest BCUT2D eigenvalue weighted by molar-refractivity contribution is -0.137. The molecule has 0 heterocycles. The van der Waals surface area contributed by atoms with Crippen LogP contribution in [-0.4, -0.2) is 34.6 Å². The van der Waals surface area contributed by atoms with Gasteiger partial charge >= 0.3 is 12.0 Å². The van der Waals surface area contributed by atoms with Crippen LogP contribution in [-0.2, 0) is 11.2 Å². The molecular formula is C16H24N2O3. The van der Waals surface area contributed by atoms with Crippen LogP contribution in [0, 0.1) is 0 Å². The zero-order valence-corrected chi connectivity index (χ0v) is 12.9. The first-order valence-electron chi connectivity index (χ1n) is 7.32. The maximum absolute atomic E-state index is 12.3. The summed E-state index contributed by atoms with van der Waals surface area (Å²) in [4.78, 5) is 24.5. The number of benzene rings is 1. The second-order valence-electron chi connectivity index (χ2n) is 5.27. The van der Waals surface area contributed by atoms with Gasteiger partial charge in [-0.1, -0.05) is 19.1 Å². The highest BCUT2D eigenvalue weighted by atomic mass is 16.4. The summed E-state index contributed by atoms with van der Waals surface area (Å²) in [6.45, 7) is 6.34. The fourth-order valence-corrected chi connectivity index (χ4v) is 2.06. The molecule has 2 amide bonds. The molecule has 1 aromatic carbocycles. The van der Waals surface area contributed by atoms with Gasteiger partial charge in [-0.3, -0.25) is 4.79 Å². The quantitative estimate of drug-likeness (QED) is 0.809. The summed E-state index contributed by atoms with van der Waals surface area (Å²) in [5, 5.41) is 11.6. The van der Waals surface area contributed by atoms with E-state index in [0.717, 1.165) is 17.7 Å². The average molecular weight is 292 g/mol. The van der Waals surface area contributed by atoms with Gasteiger partial charge in [0.1, 0.15) is 0 Å². The Morgan fingerprint density at radius 2 is 2.05 bits per heavy atom. The van der Waals surface area contributed by atoms with Crippen molar-refractivity contribution in [1.29, 1.82) is 0 Å². The Bertz CT molecular complexity index is 486. The highest BCUT2D eigenvalue weighted by Crippen LogP contribution is 2.13. The van der Waals surface area contributed by atoms with Gasteiger partial charge in [-0.2, -0.15) is 0 Å². The van der Waals surface area contributed by atoms with E-state index in [1.165, 1.54) is 0 Å². The number of carboxylic acid groups (broad SMARTS) is 1. The van der Waals surface area contributed by atoms with Crippen molar-refractivity contribution in [3.63, 3.8) is 0 Å². The number of anilines is 1. The summed E-state index contributed by atoms with van der Waals surface area (Å²) in [5.74, 6) is -0.838. The fourth-order valence-electron chi connectivity index (χ4n) is 2.06. The lowest BCUT2D eigenvalue weighted by atomic mass is 10.1. The highest BCUT2D eigenvalue weighted by Gasteiger charge is 2.17. The number of aryl methyl sites for hydroxylation is 1. The van der Waals surface area contributed by atoms with Crippen molar-refractivity contribution in [2.45, 2.75) is 46.1 Å². The van der Waals surface area contributed by atoms with Gasteiger partial charge in [0.25, 0.3) is 0 Å². The molecule has 21 heavy (non-hydrogen) atoms. The molecule has 0 atom stereocenters. The molecule has 0 fully saturated rings. The van der Waals surface area contributed by atoms with E-state index in [9.17, 15) is 9.59 Å². The van der Waals surface area contributed by atoms with E-state index in [0.29, 0.717) is 13.0 Å². The first kappa shape index (κ1) is 17.0. The number of nitrogens with one attached hydrogen (secondary N) is 1. The molecule has 5 nitrogen and oxygen atoms in total. The van der Waals surface area contributed by atoms with Gasteiger partial charge in [-0.05, 0) is 44.4 Å². The number of urea groups is 1. The van der Waals surface area contributed by atoms with Gasteiger partial charge in [0.05, 0.1) is 0 Å². The summed E-state index contributed by atoms with van der Waals surface area (Å²) < 4.78 is 0. The summed E-state index contributed by atoms with van der Waals surface area (Å²) >= 11 is 0. The zero-order valence-electron chi connectivity index (χ0n) is 12.9. The number of aliphatic carboxylic acids is 1. The van der Waals surface area contributed by atoms with Crippen LogP contribution in [0.25, 0.3) is 0 Å². The van der Waals surface area contributed by atoms with E-state index in [4.69, 9.17) is 5.11 Å². The van der Waals surface area contributed by atoms with Crippen LogP contribution in [0.5, 0.6) is 0 Å². The molecular weight excluding hydrogens is 268 g/mol. The highest BCUT2D eigenvalue weighted by molar-refractivity contribution is 5.89. The molecule has 0 radical (unpaired) electrons. The first-order chi connectivity index (χ1) is 9.93. The molecule has 0 unspecified atom stereocenters. The number of carbonyl (C=O) groups excluding carboxylic acids is 1. The lowest BCUT2D eigenvalue weighted by Gasteiger charge is -2.27. The largest absolute Gasteiger partial charge is 0.481 e. The lowest BCUT2D eigenvalue weighted by Crippen LogP contribution is -2.40. The van der Waals surface area contributed by atoms with Crippen molar-refractivity contribution < 1.29 is 14.7 Å². The molecule has 0 aliphatic carbocycles. The molecule has 116 valence electrons. The first-order valence-corrected chi connectivity index (χ1v) is 7.32. The SMILES string of the molecule is CCc1cccc(NC(=O)N(CCCC(=O)O)C(C)C)c1. The van der Waals surface area contributed by atoms with E-state index in [2.05, 4.69) is 12.2 Å². The van der Waals surface area contributed by atoms with Crippen LogP contribution in [0.15, 0.2) is 24.3 Å². The molecule has 0 aromatic heterocycles. The molecule has 1 aromatic rings. The number of carboxylic acids is 1. The Morgan fingerprint density at radius 3 is 2.62 bits per heavy atom. The third-order valence-corrected chi connectivity index (χ3v) is 3.26. The van der Waals surface area contributed by atoms with Gasteiger partial charge in [-0.15, -0.1) is 0 Å². The summed E-state index contributed by atoms with van der Waals surface area (Å²) in [6.07, 6.45) is 1.44. The van der Waals surface area contributed by atoms with Crippen molar-refractivity contribution in [3.05, 3.63) is 29.8 Å². The van der Waals surface area contributed by atoms with E-state index in [-0.39, 0.29) is 18.5 Å². The minimum atomic E-state index is -0.838. The molecule has 0 bridgehead atoms. The molecule has 2 N–H and O–H groups in total. The molecule has 1 rings (SSSR count). The Balaban J connectivity index is 2.65. The Hall–Kier alpha value is -2.04. The van der Waals surface area contributed by atoms with Crippen LogP contribution >= 0.6 is 0 Å². The number of amides is 2. The van der Waals surface area contributed by atoms with Crippen LogP contribution < -0.4 is 5.32 Å². The van der Waals surface area contributed by atoms with Crippen LogP contribution in [0.1, 0.15) is 39.2 Å². The number of nitrogens with zero attached hydrogens (tertiary/aromatic N) is 1. The summed E-state index contributed by atoms with van der Waals surface area (Å²) in [7, 11) is 0. The smallest absolute Gasteiger partial charge is 0.322 e. The normalized spacial score (nSPS) is 10.5. The number of hydrogen-bond donors (Lipinski definition) is 2. The van der Waals surface area contributed by atoms with Gasteiger partial charge in [0.2, 0.25) is 0 Å². The predicted octanol–water partition coefficient (Wildman–Crippen LogP) is 3.36. The van der Waals surface area contributed by atoms with Gasteiger partial charge in [0.15, 0.2) is 0 Å². The zero-order chi connectivity index (χ0) is 15.8. The standard InChI is InChI=1S/C16H24N2O3/c1-4-13-7-5-8-14(11-13)17-16(21)18(12(2)3)10-6-9-15(19)20/h5,7-8,11-12H,4,6,9-10H2,1-3H3,(H,17,21)(H,19,20). The number of rotatable bonds is 7. The van der Waals surface area contributed by atoms with Crippen LogP contribution in [0.4, 0.5) is 10.5 Å². The molecule has 0 aliphatic heterocycles. The minimum absolute atomic E-state index is 0.0214.